The van der Waals surface area contributed by atoms with Crippen molar-refractivity contribution in [2.24, 2.45) is 0 Å². The highest BCUT2D eigenvalue weighted by molar-refractivity contribution is 5.96. The van der Waals surface area contributed by atoms with E-state index < -0.39 is 27.1 Å². The number of hydrogen-bond acceptors (Lipinski definition) is 5. The molecule has 8 heteroatoms. The van der Waals surface area contributed by atoms with E-state index in [4.69, 9.17) is 0 Å². The summed E-state index contributed by atoms with van der Waals surface area (Å²) < 4.78 is 0. The van der Waals surface area contributed by atoms with Crippen LogP contribution in [-0.4, -0.2) is 32.7 Å². The van der Waals surface area contributed by atoms with Crippen LogP contribution in [-0.2, 0) is 0 Å². The number of nitro groups is 2. The van der Waals surface area contributed by atoms with Gasteiger partial charge in [-0.25, -0.2) is 0 Å². The van der Waals surface area contributed by atoms with Gasteiger partial charge in [0.05, 0.1) is 27.5 Å². The standard InChI is InChI=1S/C13H11N3O5/c17-13(14-9-2-1-3-10(14)6-9)8-4-11(15(18)19)7-12(5-8)16(20)21/h1-2,4-5,7,9-10H,3,6H2. The Morgan fingerprint density at radius 1 is 1.14 bits per heavy atom. The molecule has 0 spiro atoms. The lowest BCUT2D eigenvalue weighted by molar-refractivity contribution is -0.394. The number of carbonyl (C=O) groups excluding carboxylic acids is 1. The minimum Gasteiger partial charge on any atom is -0.329 e. The number of rotatable bonds is 3. The van der Waals surface area contributed by atoms with Crippen LogP contribution in [0.15, 0.2) is 30.4 Å². The van der Waals surface area contributed by atoms with Gasteiger partial charge in [-0.1, -0.05) is 12.2 Å². The normalized spacial score (nSPS) is 22.6. The second-order valence-corrected chi connectivity index (χ2v) is 5.09. The Bertz CT molecular complexity index is 652. The largest absolute Gasteiger partial charge is 0.329 e. The molecule has 0 radical (unpaired) electrons. The van der Waals surface area contributed by atoms with E-state index in [-0.39, 0.29) is 17.6 Å². The van der Waals surface area contributed by atoms with E-state index in [9.17, 15) is 25.0 Å². The van der Waals surface area contributed by atoms with Crippen molar-refractivity contribution in [2.45, 2.75) is 24.9 Å². The molecule has 1 aromatic carbocycles. The third kappa shape index (κ3) is 2.14. The van der Waals surface area contributed by atoms with E-state index in [0.29, 0.717) is 0 Å². The lowest BCUT2D eigenvalue weighted by Crippen LogP contribution is -2.59. The summed E-state index contributed by atoms with van der Waals surface area (Å²) in [6, 6.07) is 3.12. The molecule has 2 aliphatic heterocycles. The zero-order valence-electron chi connectivity index (χ0n) is 10.8. The molecule has 1 amide bonds. The van der Waals surface area contributed by atoms with Crippen molar-refractivity contribution in [1.82, 2.24) is 4.90 Å². The van der Waals surface area contributed by atoms with Crippen LogP contribution in [0, 0.1) is 20.2 Å². The van der Waals surface area contributed by atoms with E-state index in [0.717, 1.165) is 31.0 Å². The summed E-state index contributed by atoms with van der Waals surface area (Å²) in [5.74, 6) is -0.396. The maximum atomic E-state index is 12.4. The number of fused-ring (bicyclic) bond motifs is 2. The first-order valence-corrected chi connectivity index (χ1v) is 6.40. The van der Waals surface area contributed by atoms with Gasteiger partial charge in [-0.15, -0.1) is 0 Å². The fraction of sp³-hybridized carbons (Fsp3) is 0.308. The van der Waals surface area contributed by atoms with Gasteiger partial charge in [0.15, 0.2) is 0 Å². The first kappa shape index (κ1) is 13.2. The fourth-order valence-electron chi connectivity index (χ4n) is 2.81. The highest BCUT2D eigenvalue weighted by Crippen LogP contribution is 2.36. The van der Waals surface area contributed by atoms with E-state index in [1.54, 1.807) is 4.90 Å². The first-order valence-electron chi connectivity index (χ1n) is 6.40. The van der Waals surface area contributed by atoms with Crippen molar-refractivity contribution in [3.8, 4) is 0 Å². The van der Waals surface area contributed by atoms with Crippen LogP contribution >= 0.6 is 0 Å². The smallest absolute Gasteiger partial charge is 0.277 e. The molecule has 8 nitrogen and oxygen atoms in total. The van der Waals surface area contributed by atoms with Crippen molar-refractivity contribution in [3.63, 3.8) is 0 Å². The summed E-state index contributed by atoms with van der Waals surface area (Å²) in [6.45, 7) is 0. The number of benzene rings is 1. The molecule has 3 rings (SSSR count). The summed E-state index contributed by atoms with van der Waals surface area (Å²) in [4.78, 5) is 34.3. The van der Waals surface area contributed by atoms with Gasteiger partial charge in [-0.2, -0.15) is 0 Å². The molecule has 0 N–H and O–H groups in total. The van der Waals surface area contributed by atoms with Gasteiger partial charge in [0.1, 0.15) is 0 Å². The van der Waals surface area contributed by atoms with Gasteiger partial charge in [0, 0.05) is 18.2 Å². The summed E-state index contributed by atoms with van der Waals surface area (Å²) in [5.41, 5.74) is -0.913. The summed E-state index contributed by atoms with van der Waals surface area (Å²) >= 11 is 0. The molecule has 1 saturated heterocycles. The van der Waals surface area contributed by atoms with Crippen molar-refractivity contribution in [2.75, 3.05) is 0 Å². The molecule has 0 saturated carbocycles. The van der Waals surface area contributed by atoms with Crippen LogP contribution in [0.25, 0.3) is 0 Å². The summed E-state index contributed by atoms with van der Waals surface area (Å²) in [5, 5.41) is 21.7. The highest BCUT2D eigenvalue weighted by Gasteiger charge is 2.42. The SMILES string of the molecule is O=C(c1cc([N+](=O)[O-])cc([N+](=O)[O-])c1)N1C2C=CCC1C2. The topological polar surface area (TPSA) is 107 Å². The third-order valence-electron chi connectivity index (χ3n) is 3.84. The Kier molecular flexibility index (Phi) is 2.93. The van der Waals surface area contributed by atoms with Crippen LogP contribution in [0.2, 0.25) is 0 Å². The van der Waals surface area contributed by atoms with Gasteiger partial charge >= 0.3 is 0 Å². The van der Waals surface area contributed by atoms with Crippen LogP contribution < -0.4 is 0 Å². The number of non-ortho nitro benzene ring substituents is 2. The Morgan fingerprint density at radius 2 is 1.76 bits per heavy atom. The molecule has 2 heterocycles. The van der Waals surface area contributed by atoms with Crippen molar-refractivity contribution in [3.05, 3.63) is 56.1 Å². The molecule has 2 atom stereocenters. The Hall–Kier alpha value is -2.77. The maximum Gasteiger partial charge on any atom is 0.277 e. The zero-order valence-corrected chi connectivity index (χ0v) is 10.8. The minimum atomic E-state index is -0.735. The average Bonchev–Trinajstić information content (AvgIpc) is 2.47. The predicted molar refractivity (Wildman–Crippen MR) is 71.9 cm³/mol. The minimum absolute atomic E-state index is 0.00503. The molecule has 21 heavy (non-hydrogen) atoms. The number of nitrogens with zero attached hydrogens (tertiary/aromatic N) is 3. The molecular formula is C13H11N3O5. The lowest BCUT2D eigenvalue weighted by atomic mass is 9.84. The Balaban J connectivity index is 1.98. The summed E-state index contributed by atoms with van der Waals surface area (Å²) in [7, 11) is 0. The second kappa shape index (κ2) is 4.65. The average molecular weight is 289 g/mol. The van der Waals surface area contributed by atoms with E-state index in [1.165, 1.54) is 0 Å². The van der Waals surface area contributed by atoms with E-state index in [2.05, 4.69) is 0 Å². The highest BCUT2D eigenvalue weighted by atomic mass is 16.6. The zero-order chi connectivity index (χ0) is 15.1. The quantitative estimate of drug-likeness (QED) is 0.481. The van der Waals surface area contributed by atoms with E-state index in [1.807, 2.05) is 12.2 Å². The van der Waals surface area contributed by atoms with Crippen molar-refractivity contribution >= 4 is 17.3 Å². The first-order chi connectivity index (χ1) is 9.97. The van der Waals surface area contributed by atoms with Gasteiger partial charge in [-0.05, 0) is 12.8 Å². The molecule has 2 unspecified atom stereocenters. The monoisotopic (exact) mass is 289 g/mol. The van der Waals surface area contributed by atoms with Crippen LogP contribution in [0.1, 0.15) is 23.2 Å². The molecule has 0 aromatic heterocycles. The predicted octanol–water partition coefficient (Wildman–Crippen LogP) is 2.05. The van der Waals surface area contributed by atoms with Gasteiger partial charge < -0.3 is 4.90 Å². The van der Waals surface area contributed by atoms with Gasteiger partial charge in [0.2, 0.25) is 0 Å². The maximum absolute atomic E-state index is 12.4. The number of hydrogen-bond donors (Lipinski definition) is 0. The van der Waals surface area contributed by atoms with E-state index >= 15 is 0 Å². The fourth-order valence-corrected chi connectivity index (χ4v) is 2.81. The number of amides is 1. The molecule has 108 valence electrons. The molecule has 1 fully saturated rings. The van der Waals surface area contributed by atoms with Crippen molar-refractivity contribution in [1.29, 1.82) is 0 Å². The Labute approximate surface area is 119 Å². The van der Waals surface area contributed by atoms with Gasteiger partial charge in [0.25, 0.3) is 17.3 Å². The van der Waals surface area contributed by atoms with Crippen LogP contribution in [0.3, 0.4) is 0 Å². The molecule has 2 aliphatic rings. The molecule has 2 bridgehead atoms. The third-order valence-corrected chi connectivity index (χ3v) is 3.84. The molecule has 0 aliphatic carbocycles. The lowest BCUT2D eigenvalue weighted by Gasteiger charge is -2.50. The number of nitro benzene ring substituents is 2. The van der Waals surface area contributed by atoms with Crippen LogP contribution in [0.4, 0.5) is 11.4 Å². The van der Waals surface area contributed by atoms with Gasteiger partial charge in [-0.3, -0.25) is 25.0 Å². The summed E-state index contributed by atoms with van der Waals surface area (Å²) in [6.07, 6.45) is 5.54. The second-order valence-electron chi connectivity index (χ2n) is 5.09. The number of carbonyl (C=O) groups is 1. The molecular weight excluding hydrogens is 278 g/mol. The molecule has 1 aromatic rings. The van der Waals surface area contributed by atoms with Crippen LogP contribution in [0.5, 0.6) is 0 Å². The Morgan fingerprint density at radius 3 is 2.19 bits per heavy atom. The van der Waals surface area contributed by atoms with Crippen molar-refractivity contribution < 1.29 is 14.6 Å².